The quantitative estimate of drug-likeness (QED) is 0.773. The summed E-state index contributed by atoms with van der Waals surface area (Å²) < 4.78 is 0. The Morgan fingerprint density at radius 1 is 1.36 bits per heavy atom. The number of benzene rings is 1. The maximum atomic E-state index is 9.53. The van der Waals surface area contributed by atoms with Gasteiger partial charge in [0.05, 0.1) is 12.5 Å². The Morgan fingerprint density at radius 2 is 1.93 bits per heavy atom. The first-order valence-electron chi connectivity index (χ1n) is 4.49. The van der Waals surface area contributed by atoms with Gasteiger partial charge in [0.25, 0.3) is 0 Å². The van der Waals surface area contributed by atoms with E-state index in [1.54, 1.807) is 0 Å². The van der Waals surface area contributed by atoms with Crippen LogP contribution in [-0.4, -0.2) is 5.11 Å². The Balaban J connectivity index is 2.96. The number of allylic oxidation sites excluding steroid dienone is 1. The van der Waals surface area contributed by atoms with Crippen LogP contribution in [0.15, 0.2) is 18.2 Å². The highest BCUT2D eigenvalue weighted by molar-refractivity contribution is 5.55. The molecule has 1 rings (SSSR count). The number of phenols is 1. The van der Waals surface area contributed by atoms with Crippen molar-refractivity contribution < 1.29 is 5.11 Å². The standard InChI is InChI=1S/C12H13NO/c1-9-7-11(5-3-4-6-13)8-10(2)12(9)14/h3,5,7-8,14H,4H2,1-2H3. The van der Waals surface area contributed by atoms with E-state index in [0.29, 0.717) is 12.2 Å². The maximum Gasteiger partial charge on any atom is 0.121 e. The summed E-state index contributed by atoms with van der Waals surface area (Å²) >= 11 is 0. The van der Waals surface area contributed by atoms with Gasteiger partial charge in [0.15, 0.2) is 0 Å². The van der Waals surface area contributed by atoms with E-state index >= 15 is 0 Å². The highest BCUT2D eigenvalue weighted by Crippen LogP contribution is 2.23. The van der Waals surface area contributed by atoms with Crippen molar-refractivity contribution in [3.8, 4) is 11.8 Å². The van der Waals surface area contributed by atoms with E-state index in [1.807, 2.05) is 44.2 Å². The Bertz CT molecular complexity index is 376. The SMILES string of the molecule is Cc1cc(C=CCC#N)cc(C)c1O. The van der Waals surface area contributed by atoms with Crippen molar-refractivity contribution >= 4 is 6.08 Å². The molecule has 0 unspecified atom stereocenters. The molecule has 0 aliphatic heterocycles. The summed E-state index contributed by atoms with van der Waals surface area (Å²) in [6.07, 6.45) is 4.12. The smallest absolute Gasteiger partial charge is 0.121 e. The van der Waals surface area contributed by atoms with Crippen LogP contribution < -0.4 is 0 Å². The lowest BCUT2D eigenvalue weighted by molar-refractivity contribution is 0.467. The van der Waals surface area contributed by atoms with Crippen LogP contribution in [0, 0.1) is 25.2 Å². The average molecular weight is 187 g/mol. The molecule has 0 spiro atoms. The monoisotopic (exact) mass is 187 g/mol. The van der Waals surface area contributed by atoms with Crippen LogP contribution >= 0.6 is 0 Å². The van der Waals surface area contributed by atoms with Gasteiger partial charge >= 0.3 is 0 Å². The first-order valence-corrected chi connectivity index (χ1v) is 4.49. The van der Waals surface area contributed by atoms with E-state index in [4.69, 9.17) is 5.26 Å². The third kappa shape index (κ3) is 2.37. The van der Waals surface area contributed by atoms with Gasteiger partial charge in [-0.3, -0.25) is 0 Å². The molecule has 0 saturated carbocycles. The number of nitriles is 1. The molecule has 0 fully saturated rings. The topological polar surface area (TPSA) is 44.0 Å². The van der Waals surface area contributed by atoms with Crippen molar-refractivity contribution in [2.75, 3.05) is 0 Å². The van der Waals surface area contributed by atoms with Crippen molar-refractivity contribution in [3.63, 3.8) is 0 Å². The Morgan fingerprint density at radius 3 is 2.43 bits per heavy atom. The number of hydrogen-bond donors (Lipinski definition) is 1. The van der Waals surface area contributed by atoms with E-state index in [1.165, 1.54) is 0 Å². The van der Waals surface area contributed by atoms with Gasteiger partial charge in [-0.2, -0.15) is 5.26 Å². The van der Waals surface area contributed by atoms with Crippen LogP contribution in [0.25, 0.3) is 6.08 Å². The number of phenolic OH excluding ortho intramolecular Hbond substituents is 1. The van der Waals surface area contributed by atoms with E-state index in [9.17, 15) is 5.11 Å². The van der Waals surface area contributed by atoms with E-state index < -0.39 is 0 Å². The molecule has 1 aromatic rings. The Labute approximate surface area is 84.1 Å². The predicted octanol–water partition coefficient (Wildman–Crippen LogP) is 2.94. The fourth-order valence-electron chi connectivity index (χ4n) is 1.33. The van der Waals surface area contributed by atoms with E-state index in [-0.39, 0.29) is 0 Å². The van der Waals surface area contributed by atoms with Gasteiger partial charge in [0.1, 0.15) is 5.75 Å². The number of rotatable bonds is 2. The second kappa shape index (κ2) is 4.48. The molecule has 0 heterocycles. The van der Waals surface area contributed by atoms with Crippen molar-refractivity contribution in [2.45, 2.75) is 20.3 Å². The van der Waals surface area contributed by atoms with Crippen LogP contribution in [0.5, 0.6) is 5.75 Å². The highest BCUT2D eigenvalue weighted by atomic mass is 16.3. The molecule has 0 aliphatic rings. The predicted molar refractivity (Wildman–Crippen MR) is 56.8 cm³/mol. The summed E-state index contributed by atoms with van der Waals surface area (Å²) in [5, 5.41) is 17.9. The molecule has 0 saturated heterocycles. The second-order valence-corrected chi connectivity index (χ2v) is 3.27. The van der Waals surface area contributed by atoms with Gasteiger partial charge in [0, 0.05) is 0 Å². The summed E-state index contributed by atoms with van der Waals surface area (Å²) in [6.45, 7) is 3.73. The van der Waals surface area contributed by atoms with E-state index in [0.717, 1.165) is 16.7 Å². The fourth-order valence-corrected chi connectivity index (χ4v) is 1.33. The minimum Gasteiger partial charge on any atom is -0.507 e. The molecule has 2 nitrogen and oxygen atoms in total. The lowest BCUT2D eigenvalue weighted by Crippen LogP contribution is -1.82. The van der Waals surface area contributed by atoms with Gasteiger partial charge in [-0.1, -0.05) is 12.2 Å². The molecule has 0 atom stereocenters. The van der Waals surface area contributed by atoms with Crippen molar-refractivity contribution in [1.82, 2.24) is 0 Å². The summed E-state index contributed by atoms with van der Waals surface area (Å²) in [5.74, 6) is 0.349. The minimum absolute atomic E-state index is 0.349. The van der Waals surface area contributed by atoms with Gasteiger partial charge in [0.2, 0.25) is 0 Å². The zero-order valence-corrected chi connectivity index (χ0v) is 8.41. The average Bonchev–Trinajstić information content (AvgIpc) is 2.14. The lowest BCUT2D eigenvalue weighted by Gasteiger charge is -2.04. The first-order chi connectivity index (χ1) is 6.65. The molecule has 72 valence electrons. The van der Waals surface area contributed by atoms with Crippen LogP contribution in [0.1, 0.15) is 23.1 Å². The second-order valence-electron chi connectivity index (χ2n) is 3.27. The fraction of sp³-hybridized carbons (Fsp3) is 0.250. The van der Waals surface area contributed by atoms with Crippen molar-refractivity contribution in [1.29, 1.82) is 5.26 Å². The molecule has 0 aromatic heterocycles. The summed E-state index contributed by atoms with van der Waals surface area (Å²) in [5.41, 5.74) is 2.75. The largest absolute Gasteiger partial charge is 0.507 e. The molecule has 0 aliphatic carbocycles. The third-order valence-electron chi connectivity index (χ3n) is 2.03. The van der Waals surface area contributed by atoms with Crippen LogP contribution in [0.4, 0.5) is 0 Å². The minimum atomic E-state index is 0.349. The van der Waals surface area contributed by atoms with Crippen LogP contribution in [0.2, 0.25) is 0 Å². The summed E-state index contributed by atoms with van der Waals surface area (Å²) in [4.78, 5) is 0. The molecule has 1 N–H and O–H groups in total. The number of hydrogen-bond acceptors (Lipinski definition) is 2. The molecule has 0 bridgehead atoms. The molecule has 1 aromatic carbocycles. The number of aryl methyl sites for hydroxylation is 2. The number of nitrogens with zero attached hydrogens (tertiary/aromatic N) is 1. The maximum absolute atomic E-state index is 9.53. The first kappa shape index (κ1) is 10.3. The summed E-state index contributed by atoms with van der Waals surface area (Å²) in [6, 6.07) is 5.84. The Hall–Kier alpha value is -1.75. The highest BCUT2D eigenvalue weighted by Gasteiger charge is 2.00. The number of aromatic hydroxyl groups is 1. The Kier molecular flexibility index (Phi) is 3.30. The van der Waals surface area contributed by atoms with Crippen LogP contribution in [-0.2, 0) is 0 Å². The molecule has 0 amide bonds. The molecular formula is C12H13NO. The third-order valence-corrected chi connectivity index (χ3v) is 2.03. The zero-order valence-electron chi connectivity index (χ0n) is 8.41. The molecule has 14 heavy (non-hydrogen) atoms. The van der Waals surface area contributed by atoms with Crippen LogP contribution in [0.3, 0.4) is 0 Å². The normalized spacial score (nSPS) is 10.4. The van der Waals surface area contributed by atoms with Gasteiger partial charge in [-0.25, -0.2) is 0 Å². The zero-order chi connectivity index (χ0) is 10.6. The van der Waals surface area contributed by atoms with E-state index in [2.05, 4.69) is 0 Å². The molecular weight excluding hydrogens is 174 g/mol. The van der Waals surface area contributed by atoms with Crippen molar-refractivity contribution in [2.24, 2.45) is 0 Å². The van der Waals surface area contributed by atoms with Gasteiger partial charge < -0.3 is 5.11 Å². The molecule has 0 radical (unpaired) electrons. The van der Waals surface area contributed by atoms with Gasteiger partial charge in [-0.05, 0) is 42.7 Å². The lowest BCUT2D eigenvalue weighted by atomic mass is 10.1. The van der Waals surface area contributed by atoms with Crippen molar-refractivity contribution in [3.05, 3.63) is 34.9 Å². The molecule has 2 heteroatoms. The van der Waals surface area contributed by atoms with Gasteiger partial charge in [-0.15, -0.1) is 0 Å². The summed E-state index contributed by atoms with van der Waals surface area (Å²) in [7, 11) is 0.